The van der Waals surface area contributed by atoms with Crippen LogP contribution in [0.3, 0.4) is 0 Å². The maximum absolute atomic E-state index is 11.2. The number of methoxy groups -OCH3 is 1. The van der Waals surface area contributed by atoms with E-state index in [1.165, 1.54) is 0 Å². The molecule has 0 aliphatic rings. The molecular weight excluding hydrogens is 322 g/mol. The molecule has 0 fully saturated rings. The Kier molecular flexibility index (Phi) is 7.44. The van der Waals surface area contributed by atoms with E-state index in [0.717, 1.165) is 17.7 Å². The van der Waals surface area contributed by atoms with Gasteiger partial charge in [-0.1, -0.05) is 35.8 Å². The summed E-state index contributed by atoms with van der Waals surface area (Å²) >= 11 is 3.11. The Bertz CT molecular complexity index is 435. The van der Waals surface area contributed by atoms with Gasteiger partial charge in [0.05, 0.1) is 19.0 Å². The van der Waals surface area contributed by atoms with Crippen LogP contribution in [0.5, 0.6) is 11.5 Å². The SMILES string of the molecule is COc1cc(CNC(=O)CBr)ccc1OCCC(C)C. The molecule has 0 saturated heterocycles. The van der Waals surface area contributed by atoms with Crippen molar-refractivity contribution in [3.8, 4) is 11.5 Å². The van der Waals surface area contributed by atoms with Crippen molar-refractivity contribution in [2.45, 2.75) is 26.8 Å². The third kappa shape index (κ3) is 5.82. The monoisotopic (exact) mass is 343 g/mol. The normalized spacial score (nSPS) is 10.4. The summed E-state index contributed by atoms with van der Waals surface area (Å²) in [4.78, 5) is 11.2. The van der Waals surface area contributed by atoms with Gasteiger partial charge in [-0.2, -0.15) is 0 Å². The number of amides is 1. The number of carbonyl (C=O) groups excluding carboxylic acids is 1. The molecule has 0 heterocycles. The molecule has 0 spiro atoms. The summed E-state index contributed by atoms with van der Waals surface area (Å²) in [6.07, 6.45) is 1.01. The number of rotatable bonds is 8. The number of nitrogens with one attached hydrogen (secondary N) is 1. The van der Waals surface area contributed by atoms with Crippen molar-refractivity contribution >= 4 is 21.8 Å². The Morgan fingerprint density at radius 1 is 1.35 bits per heavy atom. The highest BCUT2D eigenvalue weighted by Gasteiger charge is 2.07. The molecule has 1 rings (SSSR count). The highest BCUT2D eigenvalue weighted by Crippen LogP contribution is 2.28. The lowest BCUT2D eigenvalue weighted by Crippen LogP contribution is -2.23. The van der Waals surface area contributed by atoms with Gasteiger partial charge in [0.25, 0.3) is 0 Å². The Hall–Kier alpha value is -1.23. The topological polar surface area (TPSA) is 47.6 Å². The number of benzene rings is 1. The largest absolute Gasteiger partial charge is 0.493 e. The van der Waals surface area contributed by atoms with E-state index in [9.17, 15) is 4.79 Å². The zero-order valence-electron chi connectivity index (χ0n) is 12.2. The molecule has 1 N–H and O–H groups in total. The van der Waals surface area contributed by atoms with Gasteiger partial charge in [-0.25, -0.2) is 0 Å². The van der Waals surface area contributed by atoms with Crippen LogP contribution in [0, 0.1) is 5.92 Å². The maximum Gasteiger partial charge on any atom is 0.230 e. The van der Waals surface area contributed by atoms with Crippen LogP contribution in [-0.4, -0.2) is 25.0 Å². The summed E-state index contributed by atoms with van der Waals surface area (Å²) in [5, 5.41) is 3.10. The predicted molar refractivity (Wildman–Crippen MR) is 83.6 cm³/mol. The van der Waals surface area contributed by atoms with E-state index in [4.69, 9.17) is 9.47 Å². The lowest BCUT2D eigenvalue weighted by atomic mass is 10.1. The molecule has 4 nitrogen and oxygen atoms in total. The predicted octanol–water partition coefficient (Wildman–Crippen LogP) is 3.13. The first-order chi connectivity index (χ1) is 9.56. The second kappa shape index (κ2) is 8.84. The second-order valence-corrected chi connectivity index (χ2v) is 5.49. The maximum atomic E-state index is 11.2. The molecule has 112 valence electrons. The molecule has 0 unspecified atom stereocenters. The van der Waals surface area contributed by atoms with Gasteiger partial charge in [-0.05, 0) is 30.0 Å². The van der Waals surface area contributed by atoms with Crippen molar-refractivity contribution in [2.24, 2.45) is 5.92 Å². The molecule has 0 atom stereocenters. The average Bonchev–Trinajstić information content (AvgIpc) is 2.45. The van der Waals surface area contributed by atoms with E-state index >= 15 is 0 Å². The first-order valence-electron chi connectivity index (χ1n) is 6.69. The third-order valence-corrected chi connectivity index (χ3v) is 3.30. The summed E-state index contributed by atoms with van der Waals surface area (Å²) in [7, 11) is 1.62. The van der Waals surface area contributed by atoms with E-state index in [0.29, 0.717) is 30.1 Å². The number of halogens is 1. The van der Waals surface area contributed by atoms with Gasteiger partial charge in [0.2, 0.25) is 5.91 Å². The zero-order valence-corrected chi connectivity index (χ0v) is 13.8. The fourth-order valence-corrected chi connectivity index (χ4v) is 1.79. The molecule has 0 radical (unpaired) electrons. The summed E-state index contributed by atoms with van der Waals surface area (Å²) in [5.74, 6) is 2.00. The van der Waals surface area contributed by atoms with Crippen LogP contribution in [0.15, 0.2) is 18.2 Å². The van der Waals surface area contributed by atoms with Crippen LogP contribution in [0.1, 0.15) is 25.8 Å². The van der Waals surface area contributed by atoms with Gasteiger partial charge in [0.1, 0.15) is 0 Å². The van der Waals surface area contributed by atoms with Crippen LogP contribution in [0.2, 0.25) is 0 Å². The second-order valence-electron chi connectivity index (χ2n) is 4.93. The van der Waals surface area contributed by atoms with Gasteiger partial charge in [-0.15, -0.1) is 0 Å². The van der Waals surface area contributed by atoms with Crippen molar-refractivity contribution in [1.29, 1.82) is 0 Å². The van der Waals surface area contributed by atoms with E-state index < -0.39 is 0 Å². The van der Waals surface area contributed by atoms with Gasteiger partial charge in [0, 0.05) is 6.54 Å². The van der Waals surface area contributed by atoms with Crippen LogP contribution >= 0.6 is 15.9 Å². The number of hydrogen-bond donors (Lipinski definition) is 1. The summed E-state index contributed by atoms with van der Waals surface area (Å²) < 4.78 is 11.1. The molecule has 1 aromatic carbocycles. The first-order valence-corrected chi connectivity index (χ1v) is 7.81. The third-order valence-electron chi connectivity index (χ3n) is 2.79. The Morgan fingerprint density at radius 3 is 2.70 bits per heavy atom. The van der Waals surface area contributed by atoms with Gasteiger partial charge in [-0.3, -0.25) is 4.79 Å². The van der Waals surface area contributed by atoms with Gasteiger partial charge in [0.15, 0.2) is 11.5 Å². The lowest BCUT2D eigenvalue weighted by Gasteiger charge is -2.13. The molecule has 1 amide bonds. The van der Waals surface area contributed by atoms with E-state index in [2.05, 4.69) is 35.1 Å². The number of hydrogen-bond acceptors (Lipinski definition) is 3. The van der Waals surface area contributed by atoms with Crippen molar-refractivity contribution < 1.29 is 14.3 Å². The lowest BCUT2D eigenvalue weighted by molar-refractivity contribution is -0.118. The Labute approximate surface area is 129 Å². The minimum absolute atomic E-state index is 0.0405. The minimum atomic E-state index is -0.0405. The van der Waals surface area contributed by atoms with Crippen LogP contribution in [-0.2, 0) is 11.3 Å². The fraction of sp³-hybridized carbons (Fsp3) is 0.533. The molecule has 0 bridgehead atoms. The molecule has 0 aliphatic carbocycles. The fourth-order valence-electron chi connectivity index (χ4n) is 1.59. The van der Waals surface area contributed by atoms with Crippen molar-refractivity contribution in [1.82, 2.24) is 5.32 Å². The zero-order chi connectivity index (χ0) is 15.0. The Morgan fingerprint density at radius 2 is 2.10 bits per heavy atom. The molecule has 0 aromatic heterocycles. The molecule has 1 aromatic rings. The van der Waals surface area contributed by atoms with Gasteiger partial charge >= 0.3 is 0 Å². The molecule has 0 aliphatic heterocycles. The standard InChI is InChI=1S/C15H22BrNO3/c1-11(2)6-7-20-13-5-4-12(8-14(13)19-3)10-17-15(18)9-16/h4-5,8,11H,6-7,9-10H2,1-3H3,(H,17,18). The van der Waals surface area contributed by atoms with Crippen LogP contribution in [0.4, 0.5) is 0 Å². The highest BCUT2D eigenvalue weighted by molar-refractivity contribution is 9.09. The van der Waals surface area contributed by atoms with Crippen molar-refractivity contribution in [3.05, 3.63) is 23.8 Å². The van der Waals surface area contributed by atoms with Crippen LogP contribution in [0.25, 0.3) is 0 Å². The van der Waals surface area contributed by atoms with E-state index in [-0.39, 0.29) is 5.91 Å². The summed E-state index contributed by atoms with van der Waals surface area (Å²) in [6, 6.07) is 5.70. The van der Waals surface area contributed by atoms with Crippen molar-refractivity contribution in [2.75, 3.05) is 19.0 Å². The smallest absolute Gasteiger partial charge is 0.230 e. The first kappa shape index (κ1) is 16.8. The Balaban J connectivity index is 2.62. The molecular formula is C15H22BrNO3. The molecule has 0 saturated carbocycles. The summed E-state index contributed by atoms with van der Waals surface area (Å²) in [5.41, 5.74) is 0.979. The minimum Gasteiger partial charge on any atom is -0.493 e. The highest BCUT2D eigenvalue weighted by atomic mass is 79.9. The van der Waals surface area contributed by atoms with Gasteiger partial charge < -0.3 is 14.8 Å². The molecule has 5 heteroatoms. The average molecular weight is 344 g/mol. The molecule has 20 heavy (non-hydrogen) atoms. The van der Waals surface area contributed by atoms with E-state index in [1.807, 2.05) is 18.2 Å². The number of carbonyl (C=O) groups is 1. The van der Waals surface area contributed by atoms with Crippen molar-refractivity contribution in [3.63, 3.8) is 0 Å². The van der Waals surface area contributed by atoms with Crippen LogP contribution < -0.4 is 14.8 Å². The summed E-state index contributed by atoms with van der Waals surface area (Å²) in [6.45, 7) is 5.48. The number of ether oxygens (including phenoxy) is 2. The number of alkyl halides is 1. The quantitative estimate of drug-likeness (QED) is 0.737. The van der Waals surface area contributed by atoms with E-state index in [1.54, 1.807) is 7.11 Å².